The number of nitrogens with one attached hydrogen (secondary N) is 1. The Balaban J connectivity index is 1.84. The van der Waals surface area contributed by atoms with E-state index in [0.717, 1.165) is 16.8 Å². The summed E-state index contributed by atoms with van der Waals surface area (Å²) < 4.78 is 33.0. The molecule has 1 heterocycles. The first-order valence-electron chi connectivity index (χ1n) is 7.64. The minimum Gasteiger partial charge on any atom is -0.356 e. The maximum absolute atomic E-state index is 12.6. The molecule has 0 fully saturated rings. The molecular formula is C18H17ClN2O3S. The fourth-order valence-corrected chi connectivity index (χ4v) is 3.93. The molecule has 3 aromatic rings. The molecule has 3 rings (SSSR count). The Hall–Kier alpha value is -2.15. The van der Waals surface area contributed by atoms with Gasteiger partial charge in [0, 0.05) is 23.2 Å². The van der Waals surface area contributed by atoms with E-state index in [1.165, 1.54) is 0 Å². The molecular weight excluding hydrogens is 360 g/mol. The van der Waals surface area contributed by atoms with E-state index in [4.69, 9.17) is 16.1 Å². The van der Waals surface area contributed by atoms with Gasteiger partial charge in [-0.25, -0.2) is 13.1 Å². The van der Waals surface area contributed by atoms with E-state index in [-0.39, 0.29) is 11.4 Å². The molecule has 0 unspecified atom stereocenters. The molecule has 7 heteroatoms. The molecule has 0 saturated heterocycles. The second-order valence-corrected chi connectivity index (χ2v) is 7.87. The van der Waals surface area contributed by atoms with Crippen LogP contribution in [0.15, 0.2) is 57.9 Å². The summed E-state index contributed by atoms with van der Waals surface area (Å²) in [5, 5.41) is 4.37. The van der Waals surface area contributed by atoms with Crippen molar-refractivity contribution >= 4 is 21.6 Å². The van der Waals surface area contributed by atoms with Gasteiger partial charge in [-0.2, -0.15) is 0 Å². The molecule has 1 aromatic heterocycles. The number of rotatable bonds is 5. The van der Waals surface area contributed by atoms with Crippen molar-refractivity contribution in [2.45, 2.75) is 25.3 Å². The molecule has 2 aromatic carbocycles. The number of benzene rings is 2. The lowest BCUT2D eigenvalue weighted by Gasteiger charge is -2.11. The van der Waals surface area contributed by atoms with E-state index >= 15 is 0 Å². The van der Waals surface area contributed by atoms with Gasteiger partial charge in [0.2, 0.25) is 10.0 Å². The Bertz CT molecular complexity index is 1010. The largest absolute Gasteiger partial charge is 0.356 e. The molecule has 1 N–H and O–H groups in total. The lowest BCUT2D eigenvalue weighted by molar-refractivity contribution is 0.427. The van der Waals surface area contributed by atoms with Crippen molar-refractivity contribution in [2.24, 2.45) is 0 Å². The second kappa shape index (κ2) is 7.00. The predicted octanol–water partition coefficient (Wildman–Crippen LogP) is 4.09. The highest BCUT2D eigenvalue weighted by atomic mass is 35.5. The van der Waals surface area contributed by atoms with Gasteiger partial charge < -0.3 is 4.52 Å². The van der Waals surface area contributed by atoms with Crippen LogP contribution >= 0.6 is 11.6 Å². The minimum atomic E-state index is -3.65. The number of halogens is 1. The molecule has 0 saturated carbocycles. The number of hydrogen-bond donors (Lipinski definition) is 1. The first-order chi connectivity index (χ1) is 11.9. The summed E-state index contributed by atoms with van der Waals surface area (Å²) in [4.78, 5) is 0.222. The second-order valence-electron chi connectivity index (χ2n) is 5.73. The van der Waals surface area contributed by atoms with E-state index in [2.05, 4.69) is 9.88 Å². The van der Waals surface area contributed by atoms with E-state index < -0.39 is 10.0 Å². The smallest absolute Gasteiger partial charge is 0.241 e. The lowest BCUT2D eigenvalue weighted by Crippen LogP contribution is -2.24. The van der Waals surface area contributed by atoms with Crippen LogP contribution in [0.3, 0.4) is 0 Å². The standard InChI is InChI=1S/C18H17ClN2O3S/c1-12-9-14(17-10-13(2)21-24-17)7-8-18(12)25(22,23)20-11-15-5-3-4-6-16(15)19/h3-10,20H,11H2,1-2H3. The first-order valence-corrected chi connectivity index (χ1v) is 9.50. The van der Waals surface area contributed by atoms with E-state index in [9.17, 15) is 8.42 Å². The number of sulfonamides is 1. The summed E-state index contributed by atoms with van der Waals surface area (Å²) in [7, 11) is -3.65. The molecule has 0 spiro atoms. The molecule has 0 radical (unpaired) electrons. The Morgan fingerprint density at radius 1 is 1.12 bits per heavy atom. The van der Waals surface area contributed by atoms with Crippen LogP contribution in [0, 0.1) is 13.8 Å². The monoisotopic (exact) mass is 376 g/mol. The molecule has 5 nitrogen and oxygen atoms in total. The number of nitrogens with zero attached hydrogens (tertiary/aromatic N) is 1. The fraction of sp³-hybridized carbons (Fsp3) is 0.167. The fourth-order valence-electron chi connectivity index (χ4n) is 2.50. The van der Waals surface area contributed by atoms with Crippen molar-refractivity contribution < 1.29 is 12.9 Å². The average Bonchev–Trinajstić information content (AvgIpc) is 3.00. The summed E-state index contributed by atoms with van der Waals surface area (Å²) in [5.74, 6) is 0.605. The molecule has 130 valence electrons. The highest BCUT2D eigenvalue weighted by Gasteiger charge is 2.18. The minimum absolute atomic E-state index is 0.129. The Kier molecular flexibility index (Phi) is 4.94. The van der Waals surface area contributed by atoms with Crippen molar-refractivity contribution in [1.29, 1.82) is 0 Å². The number of hydrogen-bond acceptors (Lipinski definition) is 4. The highest BCUT2D eigenvalue weighted by Crippen LogP contribution is 2.25. The molecule has 25 heavy (non-hydrogen) atoms. The van der Waals surface area contributed by atoms with Gasteiger partial charge in [0.25, 0.3) is 0 Å². The third kappa shape index (κ3) is 3.92. The summed E-state index contributed by atoms with van der Waals surface area (Å²) in [6.45, 7) is 3.71. The molecule has 0 aliphatic rings. The Morgan fingerprint density at radius 3 is 2.52 bits per heavy atom. The number of aryl methyl sites for hydroxylation is 2. The summed E-state index contributed by atoms with van der Waals surface area (Å²) in [6, 6.07) is 14.0. The summed E-state index contributed by atoms with van der Waals surface area (Å²) in [6.07, 6.45) is 0. The van der Waals surface area contributed by atoms with E-state index in [1.54, 1.807) is 49.4 Å². The normalized spacial score (nSPS) is 11.6. The predicted molar refractivity (Wildman–Crippen MR) is 96.9 cm³/mol. The molecule has 0 amide bonds. The van der Waals surface area contributed by atoms with E-state index in [0.29, 0.717) is 16.3 Å². The van der Waals surface area contributed by atoms with Crippen molar-refractivity contribution in [1.82, 2.24) is 9.88 Å². The Labute approximate surface area is 151 Å². The quantitative estimate of drug-likeness (QED) is 0.727. The van der Waals surface area contributed by atoms with Gasteiger partial charge in [0.05, 0.1) is 10.6 Å². The van der Waals surface area contributed by atoms with Crippen molar-refractivity contribution in [2.75, 3.05) is 0 Å². The molecule has 0 aliphatic heterocycles. The molecule has 0 aliphatic carbocycles. The van der Waals surface area contributed by atoms with Crippen LogP contribution in [0.2, 0.25) is 5.02 Å². The topological polar surface area (TPSA) is 72.2 Å². The van der Waals surface area contributed by atoms with Gasteiger partial charge in [-0.05, 0) is 49.2 Å². The van der Waals surface area contributed by atoms with Crippen LogP contribution in [0.4, 0.5) is 0 Å². The van der Waals surface area contributed by atoms with E-state index in [1.807, 2.05) is 13.0 Å². The maximum atomic E-state index is 12.6. The van der Waals surface area contributed by atoms with Crippen molar-refractivity contribution in [3.63, 3.8) is 0 Å². The average molecular weight is 377 g/mol. The van der Waals surface area contributed by atoms with Gasteiger partial charge in [0.15, 0.2) is 5.76 Å². The van der Waals surface area contributed by atoms with Crippen LogP contribution in [0.25, 0.3) is 11.3 Å². The zero-order valence-corrected chi connectivity index (χ0v) is 15.4. The first kappa shape index (κ1) is 17.7. The van der Waals surface area contributed by atoms with Gasteiger partial charge >= 0.3 is 0 Å². The van der Waals surface area contributed by atoms with Crippen LogP contribution < -0.4 is 4.72 Å². The van der Waals surface area contributed by atoms with Crippen LogP contribution in [0.1, 0.15) is 16.8 Å². The number of aromatic nitrogens is 1. The van der Waals surface area contributed by atoms with Crippen LogP contribution in [-0.2, 0) is 16.6 Å². The third-order valence-corrected chi connectivity index (χ3v) is 5.72. The summed E-state index contributed by atoms with van der Waals surface area (Å²) >= 11 is 6.07. The van der Waals surface area contributed by atoms with Crippen molar-refractivity contribution in [3.05, 3.63) is 70.4 Å². The lowest BCUT2D eigenvalue weighted by atomic mass is 10.1. The van der Waals surface area contributed by atoms with Crippen molar-refractivity contribution in [3.8, 4) is 11.3 Å². The van der Waals surface area contributed by atoms with Gasteiger partial charge in [-0.3, -0.25) is 0 Å². The van der Waals surface area contributed by atoms with Gasteiger partial charge in [0.1, 0.15) is 0 Å². The highest BCUT2D eigenvalue weighted by molar-refractivity contribution is 7.89. The zero-order chi connectivity index (χ0) is 18.0. The van der Waals surface area contributed by atoms with Gasteiger partial charge in [-0.15, -0.1) is 0 Å². The van der Waals surface area contributed by atoms with Crippen LogP contribution in [0.5, 0.6) is 0 Å². The maximum Gasteiger partial charge on any atom is 0.241 e. The molecule has 0 bridgehead atoms. The van der Waals surface area contributed by atoms with Gasteiger partial charge in [-0.1, -0.05) is 35.0 Å². The van der Waals surface area contributed by atoms with Crippen LogP contribution in [-0.4, -0.2) is 13.6 Å². The Morgan fingerprint density at radius 2 is 1.88 bits per heavy atom. The summed E-state index contributed by atoms with van der Waals surface area (Å²) in [5.41, 5.74) is 2.89. The SMILES string of the molecule is Cc1cc(-c2ccc(S(=O)(=O)NCc3ccccc3Cl)c(C)c2)on1. The zero-order valence-electron chi connectivity index (χ0n) is 13.8. The molecule has 0 atom stereocenters. The third-order valence-electron chi connectivity index (χ3n) is 3.79.